The van der Waals surface area contributed by atoms with Crippen LogP contribution in [0.25, 0.3) is 11.1 Å². The molecule has 1 heterocycles. The lowest BCUT2D eigenvalue weighted by Crippen LogP contribution is -2.02. The van der Waals surface area contributed by atoms with E-state index in [1.54, 1.807) is 13.2 Å². The first-order valence-corrected chi connectivity index (χ1v) is 5.76. The SMILES string of the molecule is COc1ccc2c(c1N)C(=O)c1cscc1-2. The van der Waals surface area contributed by atoms with Crippen molar-refractivity contribution in [3.05, 3.63) is 34.0 Å². The minimum atomic E-state index is 0.00245. The van der Waals surface area contributed by atoms with Gasteiger partial charge in [0.1, 0.15) is 5.75 Å². The summed E-state index contributed by atoms with van der Waals surface area (Å²) in [5, 5.41) is 3.84. The Labute approximate surface area is 96.5 Å². The van der Waals surface area contributed by atoms with Gasteiger partial charge in [-0.15, -0.1) is 0 Å². The largest absolute Gasteiger partial charge is 0.495 e. The molecule has 0 aliphatic heterocycles. The summed E-state index contributed by atoms with van der Waals surface area (Å²) in [5.74, 6) is 0.559. The Kier molecular flexibility index (Phi) is 1.82. The van der Waals surface area contributed by atoms with Gasteiger partial charge in [0.25, 0.3) is 0 Å². The number of methoxy groups -OCH3 is 1. The van der Waals surface area contributed by atoms with Gasteiger partial charge in [-0.05, 0) is 23.1 Å². The third kappa shape index (κ3) is 0.994. The molecule has 1 aliphatic rings. The molecule has 0 saturated heterocycles. The van der Waals surface area contributed by atoms with Crippen LogP contribution in [0.5, 0.6) is 5.75 Å². The second-order valence-corrected chi connectivity index (χ2v) is 4.38. The second kappa shape index (κ2) is 3.09. The molecule has 0 unspecified atom stereocenters. The zero-order valence-electron chi connectivity index (χ0n) is 8.61. The lowest BCUT2D eigenvalue weighted by atomic mass is 10.1. The Morgan fingerprint density at radius 2 is 1.94 bits per heavy atom. The highest BCUT2D eigenvalue weighted by Crippen LogP contribution is 2.43. The molecule has 0 spiro atoms. The monoisotopic (exact) mass is 231 g/mol. The summed E-state index contributed by atoms with van der Waals surface area (Å²) in [4.78, 5) is 12.1. The Bertz CT molecular complexity index is 601. The molecule has 0 bridgehead atoms. The van der Waals surface area contributed by atoms with Gasteiger partial charge >= 0.3 is 0 Å². The normalized spacial score (nSPS) is 12.4. The highest BCUT2D eigenvalue weighted by molar-refractivity contribution is 7.08. The number of hydrogen-bond donors (Lipinski definition) is 1. The van der Waals surface area contributed by atoms with Gasteiger partial charge in [0.2, 0.25) is 0 Å². The van der Waals surface area contributed by atoms with Crippen LogP contribution < -0.4 is 10.5 Å². The molecule has 0 fully saturated rings. The maximum absolute atomic E-state index is 12.1. The Balaban J connectivity index is 2.35. The fraction of sp³-hybridized carbons (Fsp3) is 0.0833. The number of carbonyl (C=O) groups is 1. The molecule has 1 aliphatic carbocycles. The predicted molar refractivity (Wildman–Crippen MR) is 64.2 cm³/mol. The van der Waals surface area contributed by atoms with Crippen molar-refractivity contribution < 1.29 is 9.53 Å². The highest BCUT2D eigenvalue weighted by atomic mass is 32.1. The number of ether oxygens (including phenoxy) is 1. The molecule has 3 nitrogen and oxygen atoms in total. The standard InChI is InChI=1S/C12H9NO2S/c1-15-9-3-2-6-7-4-16-5-8(7)12(14)10(6)11(9)13/h2-5H,13H2,1H3. The van der Waals surface area contributed by atoms with E-state index < -0.39 is 0 Å². The fourth-order valence-corrected chi connectivity index (χ4v) is 2.89. The second-order valence-electron chi connectivity index (χ2n) is 3.63. The molecule has 0 saturated carbocycles. The fourth-order valence-electron chi connectivity index (χ4n) is 2.06. The smallest absolute Gasteiger partial charge is 0.197 e. The average Bonchev–Trinajstić information content (AvgIpc) is 2.84. The van der Waals surface area contributed by atoms with E-state index in [1.807, 2.05) is 16.8 Å². The zero-order valence-corrected chi connectivity index (χ0v) is 9.43. The topological polar surface area (TPSA) is 52.3 Å². The van der Waals surface area contributed by atoms with Gasteiger partial charge in [0.15, 0.2) is 5.78 Å². The Morgan fingerprint density at radius 1 is 1.19 bits per heavy atom. The number of nitrogen functional groups attached to an aromatic ring is 1. The van der Waals surface area contributed by atoms with Crippen LogP contribution in [0.1, 0.15) is 15.9 Å². The maximum Gasteiger partial charge on any atom is 0.197 e. The van der Waals surface area contributed by atoms with Crippen molar-refractivity contribution in [2.45, 2.75) is 0 Å². The van der Waals surface area contributed by atoms with Gasteiger partial charge in [0.05, 0.1) is 18.4 Å². The molecule has 0 atom stereocenters. The van der Waals surface area contributed by atoms with Crippen molar-refractivity contribution >= 4 is 22.8 Å². The summed E-state index contributed by atoms with van der Waals surface area (Å²) in [7, 11) is 1.55. The van der Waals surface area contributed by atoms with E-state index in [-0.39, 0.29) is 5.78 Å². The molecule has 3 rings (SSSR count). The molecule has 1 aromatic carbocycles. The van der Waals surface area contributed by atoms with Crippen molar-refractivity contribution in [3.63, 3.8) is 0 Å². The van der Waals surface area contributed by atoms with Gasteiger partial charge < -0.3 is 10.5 Å². The number of benzene rings is 1. The summed E-state index contributed by atoms with van der Waals surface area (Å²) < 4.78 is 5.12. The van der Waals surface area contributed by atoms with E-state index in [9.17, 15) is 4.79 Å². The minimum absolute atomic E-state index is 0.00245. The molecular weight excluding hydrogens is 222 g/mol. The number of anilines is 1. The molecule has 2 aromatic rings. The molecule has 16 heavy (non-hydrogen) atoms. The summed E-state index contributed by atoms with van der Waals surface area (Å²) in [6.45, 7) is 0. The quantitative estimate of drug-likeness (QED) is 0.655. The highest BCUT2D eigenvalue weighted by Gasteiger charge is 2.30. The number of hydrogen-bond acceptors (Lipinski definition) is 4. The first-order chi connectivity index (χ1) is 7.74. The first-order valence-electron chi connectivity index (χ1n) is 4.81. The van der Waals surface area contributed by atoms with E-state index in [4.69, 9.17) is 10.5 Å². The maximum atomic E-state index is 12.1. The molecular formula is C12H9NO2S. The van der Waals surface area contributed by atoms with Crippen molar-refractivity contribution in [3.8, 4) is 16.9 Å². The third-order valence-corrected chi connectivity index (χ3v) is 3.59. The van der Waals surface area contributed by atoms with Crippen LogP contribution >= 0.6 is 11.3 Å². The zero-order chi connectivity index (χ0) is 11.3. The van der Waals surface area contributed by atoms with Gasteiger partial charge in [-0.1, -0.05) is 0 Å². The van der Waals surface area contributed by atoms with E-state index in [1.165, 1.54) is 11.3 Å². The molecule has 80 valence electrons. The summed E-state index contributed by atoms with van der Waals surface area (Å²) in [5.41, 5.74) is 9.60. The van der Waals surface area contributed by atoms with E-state index in [0.29, 0.717) is 17.0 Å². The predicted octanol–water partition coefficient (Wildman–Crippen LogP) is 2.55. The number of nitrogens with two attached hydrogens (primary N) is 1. The number of fused-ring (bicyclic) bond motifs is 3. The van der Waals surface area contributed by atoms with E-state index >= 15 is 0 Å². The van der Waals surface area contributed by atoms with Gasteiger partial charge in [-0.25, -0.2) is 0 Å². The van der Waals surface area contributed by atoms with Crippen LogP contribution in [0, 0.1) is 0 Å². The number of ketones is 1. The van der Waals surface area contributed by atoms with Gasteiger partial charge in [-0.2, -0.15) is 11.3 Å². The minimum Gasteiger partial charge on any atom is -0.495 e. The number of carbonyl (C=O) groups excluding carboxylic acids is 1. The lowest BCUT2D eigenvalue weighted by Gasteiger charge is -2.08. The van der Waals surface area contributed by atoms with Crippen molar-refractivity contribution in [1.29, 1.82) is 0 Å². The van der Waals surface area contributed by atoms with Crippen molar-refractivity contribution in [2.75, 3.05) is 12.8 Å². The molecule has 0 radical (unpaired) electrons. The summed E-state index contributed by atoms with van der Waals surface area (Å²) >= 11 is 1.53. The number of rotatable bonds is 1. The van der Waals surface area contributed by atoms with E-state index in [0.717, 1.165) is 16.7 Å². The Hall–Kier alpha value is -1.81. The van der Waals surface area contributed by atoms with Crippen molar-refractivity contribution in [2.24, 2.45) is 0 Å². The average molecular weight is 231 g/mol. The summed E-state index contributed by atoms with van der Waals surface area (Å²) in [6, 6.07) is 3.69. The lowest BCUT2D eigenvalue weighted by molar-refractivity contribution is 0.104. The molecule has 1 aromatic heterocycles. The molecule has 4 heteroatoms. The molecule has 2 N–H and O–H groups in total. The number of thiophene rings is 1. The van der Waals surface area contributed by atoms with E-state index in [2.05, 4.69) is 0 Å². The summed E-state index contributed by atoms with van der Waals surface area (Å²) in [6.07, 6.45) is 0. The first kappa shape index (κ1) is 9.42. The van der Waals surface area contributed by atoms with Gasteiger partial charge in [0, 0.05) is 16.5 Å². The third-order valence-electron chi connectivity index (χ3n) is 2.85. The van der Waals surface area contributed by atoms with Crippen molar-refractivity contribution in [1.82, 2.24) is 0 Å². The van der Waals surface area contributed by atoms with Crippen LogP contribution in [-0.2, 0) is 0 Å². The molecule has 0 amide bonds. The van der Waals surface area contributed by atoms with Crippen LogP contribution in [0.3, 0.4) is 0 Å². The Morgan fingerprint density at radius 3 is 2.69 bits per heavy atom. The van der Waals surface area contributed by atoms with Crippen LogP contribution in [0.4, 0.5) is 5.69 Å². The van der Waals surface area contributed by atoms with Crippen LogP contribution in [0.15, 0.2) is 22.9 Å². The van der Waals surface area contributed by atoms with Gasteiger partial charge in [-0.3, -0.25) is 4.79 Å². The van der Waals surface area contributed by atoms with Crippen LogP contribution in [-0.4, -0.2) is 12.9 Å². The van der Waals surface area contributed by atoms with Crippen LogP contribution in [0.2, 0.25) is 0 Å².